The molecule has 0 saturated carbocycles. The largest absolute Gasteiger partial charge is 0.314 e. The first kappa shape index (κ1) is 13.7. The number of hydrogen-bond donors (Lipinski definition) is 1. The second kappa shape index (κ2) is 8.40. The predicted octanol–water partition coefficient (Wildman–Crippen LogP) is 2.17. The van der Waals surface area contributed by atoms with Gasteiger partial charge in [-0.05, 0) is 17.7 Å². The van der Waals surface area contributed by atoms with Crippen molar-refractivity contribution in [3.63, 3.8) is 0 Å². The number of pyridine rings is 1. The van der Waals surface area contributed by atoms with Gasteiger partial charge in [-0.15, -0.1) is 0 Å². The van der Waals surface area contributed by atoms with E-state index in [4.69, 9.17) is 0 Å². The van der Waals surface area contributed by atoms with Crippen molar-refractivity contribution in [2.45, 2.75) is 6.54 Å². The molecule has 0 aliphatic carbocycles. The minimum Gasteiger partial charge on any atom is -0.314 e. The molecule has 3 heteroatoms. The van der Waals surface area contributed by atoms with Crippen LogP contribution < -0.4 is 5.32 Å². The van der Waals surface area contributed by atoms with Crippen LogP contribution in [0.3, 0.4) is 0 Å². The van der Waals surface area contributed by atoms with Crippen LogP contribution in [0.5, 0.6) is 0 Å². The number of piperazine rings is 1. The standard InChI is InChI=1S/C11H16N2.C5H5N/c1-2-4-11(5-3-1)10-13-8-6-12-7-9-13;1-2-4-6-5-3-1/h1-5,12H,6-10H2;1-5H. The van der Waals surface area contributed by atoms with Crippen molar-refractivity contribution in [1.29, 1.82) is 0 Å². The summed E-state index contributed by atoms with van der Waals surface area (Å²) in [6.07, 6.45) is 3.50. The highest BCUT2D eigenvalue weighted by Crippen LogP contribution is 2.04. The molecule has 2 aromatic rings. The van der Waals surface area contributed by atoms with Gasteiger partial charge in [-0.2, -0.15) is 0 Å². The van der Waals surface area contributed by atoms with Crippen molar-refractivity contribution < 1.29 is 0 Å². The average molecular weight is 255 g/mol. The fraction of sp³-hybridized carbons (Fsp3) is 0.312. The minimum atomic E-state index is 1.10. The lowest BCUT2D eigenvalue weighted by atomic mass is 10.2. The van der Waals surface area contributed by atoms with Crippen molar-refractivity contribution in [2.24, 2.45) is 0 Å². The van der Waals surface area contributed by atoms with Crippen molar-refractivity contribution >= 4 is 0 Å². The van der Waals surface area contributed by atoms with E-state index in [0.29, 0.717) is 0 Å². The summed E-state index contributed by atoms with van der Waals surface area (Å²) in [4.78, 5) is 6.28. The van der Waals surface area contributed by atoms with Crippen LogP contribution in [-0.2, 0) is 6.54 Å². The third-order valence-corrected chi connectivity index (χ3v) is 3.03. The van der Waals surface area contributed by atoms with Crippen LogP contribution in [0.4, 0.5) is 0 Å². The van der Waals surface area contributed by atoms with Gasteiger partial charge >= 0.3 is 0 Å². The molecule has 1 aliphatic heterocycles. The molecular formula is C16H21N3. The lowest BCUT2D eigenvalue weighted by Crippen LogP contribution is -2.42. The van der Waals surface area contributed by atoms with E-state index in [1.807, 2.05) is 18.2 Å². The van der Waals surface area contributed by atoms with Crippen molar-refractivity contribution in [3.8, 4) is 0 Å². The van der Waals surface area contributed by atoms with E-state index < -0.39 is 0 Å². The molecule has 1 aliphatic rings. The highest BCUT2D eigenvalue weighted by atomic mass is 15.2. The zero-order chi connectivity index (χ0) is 13.2. The van der Waals surface area contributed by atoms with Crippen LogP contribution in [0.25, 0.3) is 0 Å². The fourth-order valence-electron chi connectivity index (χ4n) is 2.02. The van der Waals surface area contributed by atoms with E-state index in [9.17, 15) is 0 Å². The molecule has 0 amide bonds. The number of aromatic nitrogens is 1. The minimum absolute atomic E-state index is 1.10. The van der Waals surface area contributed by atoms with E-state index in [1.165, 1.54) is 18.7 Å². The SMILES string of the molecule is c1ccc(CN2CCNCC2)cc1.c1ccncc1. The Morgan fingerprint density at radius 1 is 0.895 bits per heavy atom. The zero-order valence-corrected chi connectivity index (χ0v) is 11.2. The molecule has 1 aromatic heterocycles. The summed E-state index contributed by atoms with van der Waals surface area (Å²) in [7, 11) is 0. The van der Waals surface area contributed by atoms with Crippen LogP contribution in [0.15, 0.2) is 60.9 Å². The third-order valence-electron chi connectivity index (χ3n) is 3.03. The van der Waals surface area contributed by atoms with Gasteiger partial charge in [-0.1, -0.05) is 36.4 Å². The molecule has 1 aromatic carbocycles. The van der Waals surface area contributed by atoms with Gasteiger partial charge in [0.1, 0.15) is 0 Å². The van der Waals surface area contributed by atoms with Gasteiger partial charge in [-0.3, -0.25) is 9.88 Å². The Kier molecular flexibility index (Phi) is 6.07. The predicted molar refractivity (Wildman–Crippen MR) is 78.8 cm³/mol. The Balaban J connectivity index is 0.000000186. The highest BCUT2D eigenvalue weighted by molar-refractivity contribution is 5.14. The van der Waals surface area contributed by atoms with E-state index in [2.05, 4.69) is 45.5 Å². The van der Waals surface area contributed by atoms with Gasteiger partial charge in [0.05, 0.1) is 0 Å². The summed E-state index contributed by atoms with van der Waals surface area (Å²) < 4.78 is 0. The van der Waals surface area contributed by atoms with Crippen LogP contribution in [0, 0.1) is 0 Å². The monoisotopic (exact) mass is 255 g/mol. The molecule has 0 atom stereocenters. The van der Waals surface area contributed by atoms with Gasteiger partial charge in [0.25, 0.3) is 0 Å². The second-order valence-corrected chi connectivity index (χ2v) is 4.54. The van der Waals surface area contributed by atoms with E-state index in [0.717, 1.165) is 19.6 Å². The Labute approximate surface area is 115 Å². The molecule has 19 heavy (non-hydrogen) atoms. The molecule has 2 heterocycles. The summed E-state index contributed by atoms with van der Waals surface area (Å²) in [5.74, 6) is 0. The third kappa shape index (κ3) is 5.64. The normalized spacial score (nSPS) is 15.4. The molecule has 1 saturated heterocycles. The summed E-state index contributed by atoms with van der Waals surface area (Å²) in [5, 5.41) is 3.36. The first-order valence-corrected chi connectivity index (χ1v) is 6.77. The zero-order valence-electron chi connectivity index (χ0n) is 11.2. The Bertz CT molecular complexity index is 398. The fourth-order valence-corrected chi connectivity index (χ4v) is 2.02. The molecule has 0 radical (unpaired) electrons. The number of nitrogens with zero attached hydrogens (tertiary/aromatic N) is 2. The molecule has 100 valence electrons. The van der Waals surface area contributed by atoms with Crippen LogP contribution in [0.1, 0.15) is 5.56 Å². The molecule has 0 unspecified atom stereocenters. The highest BCUT2D eigenvalue weighted by Gasteiger charge is 2.08. The number of hydrogen-bond acceptors (Lipinski definition) is 3. The number of benzene rings is 1. The van der Waals surface area contributed by atoms with Gasteiger partial charge in [0.2, 0.25) is 0 Å². The summed E-state index contributed by atoms with van der Waals surface area (Å²) in [6.45, 7) is 5.71. The van der Waals surface area contributed by atoms with Gasteiger partial charge < -0.3 is 5.32 Å². The van der Waals surface area contributed by atoms with Crippen molar-refractivity contribution in [3.05, 3.63) is 66.5 Å². The summed E-state index contributed by atoms with van der Waals surface area (Å²) in [5.41, 5.74) is 1.42. The summed E-state index contributed by atoms with van der Waals surface area (Å²) in [6, 6.07) is 16.4. The second-order valence-electron chi connectivity index (χ2n) is 4.54. The van der Waals surface area contributed by atoms with Crippen LogP contribution in [0.2, 0.25) is 0 Å². The first-order valence-electron chi connectivity index (χ1n) is 6.77. The van der Waals surface area contributed by atoms with Crippen LogP contribution in [-0.4, -0.2) is 36.1 Å². The lowest BCUT2D eigenvalue weighted by Gasteiger charge is -2.27. The van der Waals surface area contributed by atoms with E-state index >= 15 is 0 Å². The lowest BCUT2D eigenvalue weighted by molar-refractivity contribution is 0.233. The quantitative estimate of drug-likeness (QED) is 0.891. The maximum Gasteiger partial charge on any atom is 0.0267 e. The Morgan fingerprint density at radius 3 is 2.05 bits per heavy atom. The van der Waals surface area contributed by atoms with Crippen LogP contribution >= 0.6 is 0 Å². The molecule has 0 spiro atoms. The van der Waals surface area contributed by atoms with Gasteiger partial charge in [-0.25, -0.2) is 0 Å². The van der Waals surface area contributed by atoms with Crippen molar-refractivity contribution in [2.75, 3.05) is 26.2 Å². The Hall–Kier alpha value is -1.71. The molecule has 3 nitrogen and oxygen atoms in total. The molecule has 0 bridgehead atoms. The maximum absolute atomic E-state index is 3.78. The topological polar surface area (TPSA) is 28.2 Å². The number of rotatable bonds is 2. The number of nitrogens with one attached hydrogen (secondary N) is 1. The van der Waals surface area contributed by atoms with Gasteiger partial charge in [0.15, 0.2) is 0 Å². The Morgan fingerprint density at radius 2 is 1.53 bits per heavy atom. The first-order chi connectivity index (χ1) is 9.45. The average Bonchev–Trinajstić information content (AvgIpc) is 2.52. The smallest absolute Gasteiger partial charge is 0.0267 e. The summed E-state index contributed by atoms with van der Waals surface area (Å²) >= 11 is 0. The maximum atomic E-state index is 3.78. The van der Waals surface area contributed by atoms with E-state index in [1.54, 1.807) is 12.4 Å². The van der Waals surface area contributed by atoms with Crippen molar-refractivity contribution in [1.82, 2.24) is 15.2 Å². The molecule has 3 rings (SSSR count). The molecule has 1 N–H and O–H groups in total. The van der Waals surface area contributed by atoms with Gasteiger partial charge in [0, 0.05) is 45.1 Å². The molecular weight excluding hydrogens is 234 g/mol. The van der Waals surface area contributed by atoms with E-state index in [-0.39, 0.29) is 0 Å². The molecule has 1 fully saturated rings.